The zero-order valence-electron chi connectivity index (χ0n) is 11.1. The molecule has 2 aromatic carbocycles. The third-order valence-corrected chi connectivity index (χ3v) is 4.28. The lowest BCUT2D eigenvalue weighted by Gasteiger charge is -2.28. The van der Waals surface area contributed by atoms with Crippen LogP contribution >= 0.6 is 15.9 Å². The molecule has 104 valence electrons. The lowest BCUT2D eigenvalue weighted by molar-refractivity contribution is 0.414. The molecule has 0 amide bonds. The number of rotatable bonds is 2. The van der Waals surface area contributed by atoms with Crippen molar-refractivity contribution in [3.05, 3.63) is 57.8 Å². The molecular weight excluding hydrogens is 321 g/mol. The van der Waals surface area contributed by atoms with E-state index in [9.17, 15) is 4.39 Å². The van der Waals surface area contributed by atoms with Crippen molar-refractivity contribution >= 4 is 21.6 Å². The number of fused-ring (bicyclic) bond motifs is 1. The van der Waals surface area contributed by atoms with E-state index in [1.54, 1.807) is 13.2 Å². The van der Waals surface area contributed by atoms with Gasteiger partial charge in [0.2, 0.25) is 0 Å². The second-order valence-corrected chi connectivity index (χ2v) is 5.79. The Kier molecular flexibility index (Phi) is 3.66. The Bertz CT molecular complexity index is 644. The first-order valence-corrected chi connectivity index (χ1v) is 7.35. The number of hydrogen-bond donors (Lipinski definition) is 1. The normalized spacial score (nSPS) is 17.2. The Balaban J connectivity index is 1.89. The molecule has 20 heavy (non-hydrogen) atoms. The van der Waals surface area contributed by atoms with Gasteiger partial charge in [0.1, 0.15) is 11.6 Å². The van der Waals surface area contributed by atoms with E-state index in [1.165, 1.54) is 5.56 Å². The molecule has 2 aromatic rings. The van der Waals surface area contributed by atoms with Crippen LogP contribution in [0.4, 0.5) is 10.1 Å². The monoisotopic (exact) mass is 335 g/mol. The van der Waals surface area contributed by atoms with E-state index in [4.69, 9.17) is 4.74 Å². The molecule has 0 spiro atoms. The number of benzene rings is 2. The molecule has 0 saturated heterocycles. The fraction of sp³-hybridized carbons (Fsp3) is 0.250. The van der Waals surface area contributed by atoms with Gasteiger partial charge in [0.05, 0.1) is 17.6 Å². The number of aryl methyl sites for hydroxylation is 1. The Morgan fingerprint density at radius 3 is 2.95 bits per heavy atom. The first kappa shape index (κ1) is 13.4. The lowest BCUT2D eigenvalue weighted by Crippen LogP contribution is -2.18. The first-order chi connectivity index (χ1) is 9.67. The van der Waals surface area contributed by atoms with E-state index in [-0.39, 0.29) is 11.9 Å². The molecule has 2 nitrogen and oxygen atoms in total. The predicted molar refractivity (Wildman–Crippen MR) is 81.8 cm³/mol. The smallest absolute Gasteiger partial charge is 0.137 e. The van der Waals surface area contributed by atoms with Crippen LogP contribution in [0.3, 0.4) is 0 Å². The average Bonchev–Trinajstić information content (AvgIpc) is 2.48. The summed E-state index contributed by atoms with van der Waals surface area (Å²) in [5.41, 5.74) is 3.22. The number of halogens is 2. The van der Waals surface area contributed by atoms with Crippen LogP contribution in [0.2, 0.25) is 0 Å². The fourth-order valence-electron chi connectivity index (χ4n) is 2.60. The van der Waals surface area contributed by atoms with Crippen molar-refractivity contribution in [2.45, 2.75) is 18.9 Å². The van der Waals surface area contributed by atoms with E-state index in [2.05, 4.69) is 27.3 Å². The maximum Gasteiger partial charge on any atom is 0.137 e. The summed E-state index contributed by atoms with van der Waals surface area (Å²) in [7, 11) is 1.67. The van der Waals surface area contributed by atoms with E-state index >= 15 is 0 Å². The van der Waals surface area contributed by atoms with Crippen molar-refractivity contribution in [1.29, 1.82) is 0 Å². The molecule has 1 aliphatic rings. The van der Waals surface area contributed by atoms with Gasteiger partial charge < -0.3 is 10.1 Å². The fourth-order valence-corrected chi connectivity index (χ4v) is 2.94. The van der Waals surface area contributed by atoms with Gasteiger partial charge in [-0.25, -0.2) is 4.39 Å². The summed E-state index contributed by atoms with van der Waals surface area (Å²) in [5.74, 6) is 0.653. The van der Waals surface area contributed by atoms with Crippen molar-refractivity contribution in [3.63, 3.8) is 0 Å². The number of hydrogen-bond acceptors (Lipinski definition) is 2. The zero-order valence-corrected chi connectivity index (χ0v) is 12.7. The van der Waals surface area contributed by atoms with Crippen LogP contribution in [0.15, 0.2) is 40.9 Å². The SMILES string of the molecule is COc1cccc(C2CCc3cc(F)c(Br)cc3N2)c1. The molecule has 0 aromatic heterocycles. The van der Waals surface area contributed by atoms with Gasteiger partial charge in [-0.15, -0.1) is 0 Å². The molecular formula is C16H15BrFNO. The topological polar surface area (TPSA) is 21.3 Å². The minimum Gasteiger partial charge on any atom is -0.497 e. The Labute approximate surface area is 126 Å². The van der Waals surface area contributed by atoms with Gasteiger partial charge in [-0.3, -0.25) is 0 Å². The maximum absolute atomic E-state index is 13.5. The predicted octanol–water partition coefficient (Wildman–Crippen LogP) is 4.70. The summed E-state index contributed by atoms with van der Waals surface area (Å²) in [6.07, 6.45) is 1.82. The lowest BCUT2D eigenvalue weighted by atomic mass is 9.93. The molecule has 1 N–H and O–H groups in total. The van der Waals surface area contributed by atoms with Crippen molar-refractivity contribution in [3.8, 4) is 5.75 Å². The highest BCUT2D eigenvalue weighted by atomic mass is 79.9. The minimum atomic E-state index is -0.203. The Morgan fingerprint density at radius 2 is 2.15 bits per heavy atom. The summed E-state index contributed by atoms with van der Waals surface area (Å²) in [6, 6.07) is 11.7. The summed E-state index contributed by atoms with van der Waals surface area (Å²) in [6.45, 7) is 0. The van der Waals surface area contributed by atoms with Crippen LogP contribution < -0.4 is 10.1 Å². The highest BCUT2D eigenvalue weighted by Gasteiger charge is 2.21. The summed E-state index contributed by atoms with van der Waals surface area (Å²) >= 11 is 3.24. The van der Waals surface area contributed by atoms with Crippen LogP contribution in [0.25, 0.3) is 0 Å². The third-order valence-electron chi connectivity index (χ3n) is 3.67. The van der Waals surface area contributed by atoms with Crippen LogP contribution in [0, 0.1) is 5.82 Å². The molecule has 0 bridgehead atoms. The van der Waals surface area contributed by atoms with E-state index in [1.807, 2.05) is 24.3 Å². The second kappa shape index (κ2) is 5.44. The molecule has 3 rings (SSSR count). The second-order valence-electron chi connectivity index (χ2n) is 4.94. The van der Waals surface area contributed by atoms with Crippen molar-refractivity contribution < 1.29 is 9.13 Å². The molecule has 1 atom stereocenters. The highest BCUT2D eigenvalue weighted by molar-refractivity contribution is 9.10. The van der Waals surface area contributed by atoms with Crippen molar-refractivity contribution in [2.24, 2.45) is 0 Å². The third kappa shape index (κ3) is 2.52. The molecule has 0 aliphatic carbocycles. The standard InChI is InChI=1S/C16H15BrFNO/c1-20-12-4-2-3-10(7-12)15-6-5-11-8-14(18)13(17)9-16(11)19-15/h2-4,7-9,15,19H,5-6H2,1H3. The molecule has 0 fully saturated rings. The van der Waals surface area contributed by atoms with Gasteiger partial charge in [0, 0.05) is 5.69 Å². The Hall–Kier alpha value is -1.55. The molecule has 1 aliphatic heterocycles. The van der Waals surface area contributed by atoms with Gasteiger partial charge >= 0.3 is 0 Å². The summed E-state index contributed by atoms with van der Waals surface area (Å²) in [5, 5.41) is 3.48. The Morgan fingerprint density at radius 1 is 1.30 bits per heavy atom. The van der Waals surface area contributed by atoms with E-state index in [0.717, 1.165) is 29.8 Å². The molecule has 1 unspecified atom stereocenters. The van der Waals surface area contributed by atoms with Crippen molar-refractivity contribution in [1.82, 2.24) is 0 Å². The minimum absolute atomic E-state index is 0.203. The first-order valence-electron chi connectivity index (χ1n) is 6.56. The molecule has 0 radical (unpaired) electrons. The molecule has 1 heterocycles. The average molecular weight is 336 g/mol. The van der Waals surface area contributed by atoms with Crippen LogP contribution in [0.1, 0.15) is 23.6 Å². The number of methoxy groups -OCH3 is 1. The van der Waals surface area contributed by atoms with Crippen molar-refractivity contribution in [2.75, 3.05) is 12.4 Å². The van der Waals surface area contributed by atoms with Gasteiger partial charge in [0.25, 0.3) is 0 Å². The summed E-state index contributed by atoms with van der Waals surface area (Å²) < 4.78 is 19.3. The van der Waals surface area contributed by atoms with Crippen LogP contribution in [-0.4, -0.2) is 7.11 Å². The van der Waals surface area contributed by atoms with Gasteiger partial charge in [0.15, 0.2) is 0 Å². The quantitative estimate of drug-likeness (QED) is 0.859. The molecule has 4 heteroatoms. The van der Waals surface area contributed by atoms with Gasteiger partial charge in [-0.05, 0) is 64.2 Å². The van der Waals surface area contributed by atoms with E-state index in [0.29, 0.717) is 4.47 Å². The van der Waals surface area contributed by atoms with Gasteiger partial charge in [-0.1, -0.05) is 12.1 Å². The number of ether oxygens (including phenoxy) is 1. The maximum atomic E-state index is 13.5. The van der Waals surface area contributed by atoms with Crippen LogP contribution in [0.5, 0.6) is 5.75 Å². The molecule has 0 saturated carbocycles. The van der Waals surface area contributed by atoms with E-state index < -0.39 is 0 Å². The van der Waals surface area contributed by atoms with Crippen LogP contribution in [-0.2, 0) is 6.42 Å². The van der Waals surface area contributed by atoms with Gasteiger partial charge in [-0.2, -0.15) is 0 Å². The zero-order chi connectivity index (χ0) is 14.1. The highest BCUT2D eigenvalue weighted by Crippen LogP contribution is 2.36. The summed E-state index contributed by atoms with van der Waals surface area (Å²) in [4.78, 5) is 0. The largest absolute Gasteiger partial charge is 0.497 e. The number of nitrogens with one attached hydrogen (secondary N) is 1. The number of anilines is 1.